The van der Waals surface area contributed by atoms with Gasteiger partial charge in [-0.15, -0.1) is 11.3 Å². The summed E-state index contributed by atoms with van der Waals surface area (Å²) in [6, 6.07) is 30.6. The maximum absolute atomic E-state index is 12.5. The van der Waals surface area contributed by atoms with E-state index in [9.17, 15) is 4.79 Å². The van der Waals surface area contributed by atoms with E-state index in [1.807, 2.05) is 48.5 Å². The number of rotatable bonds is 6. The number of aryl methyl sites for hydroxylation is 1. The van der Waals surface area contributed by atoms with Crippen molar-refractivity contribution >= 4 is 27.5 Å². The summed E-state index contributed by atoms with van der Waals surface area (Å²) in [6.07, 6.45) is 0. The maximum atomic E-state index is 12.5. The van der Waals surface area contributed by atoms with E-state index in [0.29, 0.717) is 23.7 Å². The number of nitrogens with zero attached hydrogens (tertiary/aromatic N) is 1. The summed E-state index contributed by atoms with van der Waals surface area (Å²) in [5.74, 6) is 0.781. The van der Waals surface area contributed by atoms with Crippen molar-refractivity contribution in [2.24, 2.45) is 0 Å². The SMILES string of the molecule is Cc1ccc2nc(-c3ccc(OC(=O)c4ccc(OCc5ccccc5)cc4)cc3)sc2c1. The molecule has 0 aliphatic rings. The van der Waals surface area contributed by atoms with E-state index in [2.05, 4.69) is 19.1 Å². The van der Waals surface area contributed by atoms with E-state index in [4.69, 9.17) is 14.5 Å². The highest BCUT2D eigenvalue weighted by atomic mass is 32.1. The summed E-state index contributed by atoms with van der Waals surface area (Å²) >= 11 is 1.65. The summed E-state index contributed by atoms with van der Waals surface area (Å²) in [5.41, 5.74) is 4.76. The molecule has 0 amide bonds. The Bertz CT molecular complexity index is 1390. The molecular formula is C28H21NO3S. The Balaban J connectivity index is 1.22. The minimum Gasteiger partial charge on any atom is -0.489 e. The van der Waals surface area contributed by atoms with Gasteiger partial charge in [0, 0.05) is 5.56 Å². The lowest BCUT2D eigenvalue weighted by Crippen LogP contribution is -2.08. The third-order valence-electron chi connectivity index (χ3n) is 5.19. The minimum absolute atomic E-state index is 0.409. The molecule has 0 fully saturated rings. The fraction of sp³-hybridized carbons (Fsp3) is 0.0714. The lowest BCUT2D eigenvalue weighted by molar-refractivity contribution is 0.0734. The molecule has 5 aromatic rings. The highest BCUT2D eigenvalue weighted by molar-refractivity contribution is 7.21. The van der Waals surface area contributed by atoms with Gasteiger partial charge in [0.25, 0.3) is 0 Å². The van der Waals surface area contributed by atoms with Crippen molar-refractivity contribution in [2.75, 3.05) is 0 Å². The Kier molecular flexibility index (Phi) is 5.87. The number of aromatic nitrogens is 1. The van der Waals surface area contributed by atoms with E-state index in [0.717, 1.165) is 26.4 Å². The number of thiazole rings is 1. The van der Waals surface area contributed by atoms with Gasteiger partial charge < -0.3 is 9.47 Å². The number of carbonyl (C=O) groups excluding carboxylic acids is 1. The van der Waals surface area contributed by atoms with Crippen molar-refractivity contribution in [2.45, 2.75) is 13.5 Å². The van der Waals surface area contributed by atoms with E-state index in [1.54, 1.807) is 47.7 Å². The average molecular weight is 452 g/mol. The molecule has 4 nitrogen and oxygen atoms in total. The van der Waals surface area contributed by atoms with Gasteiger partial charge in [-0.3, -0.25) is 0 Å². The molecular weight excluding hydrogens is 430 g/mol. The second-order valence-electron chi connectivity index (χ2n) is 7.70. The second-order valence-corrected chi connectivity index (χ2v) is 8.73. The van der Waals surface area contributed by atoms with Crippen LogP contribution in [0.3, 0.4) is 0 Å². The van der Waals surface area contributed by atoms with Gasteiger partial charge in [-0.05, 0) is 78.7 Å². The largest absolute Gasteiger partial charge is 0.489 e. The summed E-state index contributed by atoms with van der Waals surface area (Å²) in [7, 11) is 0. The zero-order valence-electron chi connectivity index (χ0n) is 18.0. The van der Waals surface area contributed by atoms with Gasteiger partial charge in [0.05, 0.1) is 15.8 Å². The lowest BCUT2D eigenvalue weighted by atomic mass is 10.2. The van der Waals surface area contributed by atoms with Crippen molar-refractivity contribution in [1.82, 2.24) is 4.98 Å². The Morgan fingerprint density at radius 3 is 2.33 bits per heavy atom. The van der Waals surface area contributed by atoms with Crippen LogP contribution in [0.2, 0.25) is 0 Å². The van der Waals surface area contributed by atoms with Crippen molar-refractivity contribution in [3.63, 3.8) is 0 Å². The monoisotopic (exact) mass is 451 g/mol. The molecule has 5 rings (SSSR count). The first-order valence-electron chi connectivity index (χ1n) is 10.6. The van der Waals surface area contributed by atoms with Crippen LogP contribution in [-0.2, 0) is 6.61 Å². The third kappa shape index (κ3) is 4.94. The number of hydrogen-bond donors (Lipinski definition) is 0. The molecule has 0 saturated carbocycles. The van der Waals surface area contributed by atoms with Crippen LogP contribution in [0.5, 0.6) is 11.5 Å². The standard InChI is InChI=1S/C28H21NO3S/c1-19-7-16-25-26(17-19)33-27(29-25)21-8-14-24(15-9-21)32-28(30)22-10-12-23(13-11-22)31-18-20-5-3-2-4-6-20/h2-17H,18H2,1H3. The molecule has 0 aliphatic heterocycles. The Morgan fingerprint density at radius 1 is 0.848 bits per heavy atom. The molecule has 0 unspecified atom stereocenters. The van der Waals surface area contributed by atoms with Crippen LogP contribution < -0.4 is 9.47 Å². The van der Waals surface area contributed by atoms with Crippen LogP contribution in [0, 0.1) is 6.92 Å². The second kappa shape index (κ2) is 9.27. The van der Waals surface area contributed by atoms with Gasteiger partial charge >= 0.3 is 5.97 Å². The Labute approximate surface area is 196 Å². The van der Waals surface area contributed by atoms with Crippen LogP contribution in [0.1, 0.15) is 21.5 Å². The maximum Gasteiger partial charge on any atom is 0.343 e. The van der Waals surface area contributed by atoms with Crippen molar-refractivity contribution in [3.05, 3.63) is 114 Å². The molecule has 0 bridgehead atoms. The summed E-state index contributed by atoms with van der Waals surface area (Å²) in [6.45, 7) is 2.55. The number of carbonyl (C=O) groups is 1. The fourth-order valence-corrected chi connectivity index (χ4v) is 4.48. The smallest absolute Gasteiger partial charge is 0.343 e. The zero-order chi connectivity index (χ0) is 22.6. The predicted molar refractivity (Wildman–Crippen MR) is 132 cm³/mol. The van der Waals surface area contributed by atoms with Crippen LogP contribution in [0.15, 0.2) is 97.1 Å². The first-order valence-corrected chi connectivity index (χ1v) is 11.4. The highest BCUT2D eigenvalue weighted by Crippen LogP contribution is 2.31. The Morgan fingerprint density at radius 2 is 1.58 bits per heavy atom. The molecule has 4 aromatic carbocycles. The number of ether oxygens (including phenoxy) is 2. The highest BCUT2D eigenvalue weighted by Gasteiger charge is 2.11. The fourth-order valence-electron chi connectivity index (χ4n) is 3.41. The van der Waals surface area contributed by atoms with Gasteiger partial charge in [-0.2, -0.15) is 0 Å². The van der Waals surface area contributed by atoms with E-state index in [-0.39, 0.29) is 0 Å². The Hall–Kier alpha value is -3.96. The van der Waals surface area contributed by atoms with Crippen LogP contribution in [0.4, 0.5) is 0 Å². The molecule has 0 atom stereocenters. The molecule has 0 aliphatic carbocycles. The van der Waals surface area contributed by atoms with Gasteiger partial charge in [-0.25, -0.2) is 9.78 Å². The van der Waals surface area contributed by atoms with E-state index >= 15 is 0 Å². The molecule has 33 heavy (non-hydrogen) atoms. The van der Waals surface area contributed by atoms with Crippen LogP contribution >= 0.6 is 11.3 Å². The molecule has 1 aromatic heterocycles. The first-order chi connectivity index (χ1) is 16.1. The first kappa shape index (κ1) is 20.9. The van der Waals surface area contributed by atoms with Crippen molar-refractivity contribution < 1.29 is 14.3 Å². The summed E-state index contributed by atoms with van der Waals surface area (Å²) in [5, 5.41) is 0.944. The topological polar surface area (TPSA) is 48.4 Å². The summed E-state index contributed by atoms with van der Waals surface area (Å²) in [4.78, 5) is 17.2. The predicted octanol–water partition coefficient (Wildman–Crippen LogP) is 7.07. The molecule has 5 heteroatoms. The number of fused-ring (bicyclic) bond motifs is 1. The molecule has 0 spiro atoms. The number of benzene rings is 4. The number of esters is 1. The number of hydrogen-bond acceptors (Lipinski definition) is 5. The van der Waals surface area contributed by atoms with Gasteiger partial charge in [0.15, 0.2) is 0 Å². The lowest BCUT2D eigenvalue weighted by Gasteiger charge is -2.08. The van der Waals surface area contributed by atoms with Gasteiger partial charge in [-0.1, -0.05) is 36.4 Å². The average Bonchev–Trinajstić information content (AvgIpc) is 3.27. The molecule has 0 saturated heterocycles. The molecule has 1 heterocycles. The molecule has 0 N–H and O–H groups in total. The quantitative estimate of drug-likeness (QED) is 0.205. The molecule has 0 radical (unpaired) electrons. The van der Waals surface area contributed by atoms with Crippen LogP contribution in [-0.4, -0.2) is 11.0 Å². The van der Waals surface area contributed by atoms with E-state index in [1.165, 1.54) is 5.56 Å². The van der Waals surface area contributed by atoms with Gasteiger partial charge in [0.1, 0.15) is 23.1 Å². The minimum atomic E-state index is -0.409. The van der Waals surface area contributed by atoms with E-state index < -0.39 is 5.97 Å². The van der Waals surface area contributed by atoms with Crippen LogP contribution in [0.25, 0.3) is 20.8 Å². The van der Waals surface area contributed by atoms with Crippen molar-refractivity contribution in [3.8, 4) is 22.1 Å². The van der Waals surface area contributed by atoms with Gasteiger partial charge in [0.2, 0.25) is 0 Å². The van der Waals surface area contributed by atoms with Crippen molar-refractivity contribution in [1.29, 1.82) is 0 Å². The zero-order valence-corrected chi connectivity index (χ0v) is 18.8. The third-order valence-corrected chi connectivity index (χ3v) is 6.26. The molecule has 162 valence electrons. The normalized spacial score (nSPS) is 10.8. The summed E-state index contributed by atoms with van der Waals surface area (Å²) < 4.78 is 12.5.